The van der Waals surface area contributed by atoms with Crippen LogP contribution in [-0.4, -0.2) is 0 Å². The molecular formula is C9H14. The van der Waals surface area contributed by atoms with E-state index in [1.807, 2.05) is 11.1 Å². The van der Waals surface area contributed by atoms with E-state index < -0.39 is 0 Å². The molecule has 0 aromatic heterocycles. The van der Waals surface area contributed by atoms with E-state index in [1.54, 1.807) is 0 Å². The first-order valence-electron chi connectivity index (χ1n) is 4.10. The SMILES string of the molecule is CCCC1CC2=C(C2)C1. The zero-order valence-corrected chi connectivity index (χ0v) is 6.11. The third kappa shape index (κ3) is 0.910. The monoisotopic (exact) mass is 122 g/mol. The molecular weight excluding hydrogens is 108 g/mol. The van der Waals surface area contributed by atoms with Gasteiger partial charge in [-0.2, -0.15) is 0 Å². The number of rotatable bonds is 2. The fraction of sp³-hybridized carbons (Fsp3) is 0.778. The molecule has 0 bridgehead atoms. The van der Waals surface area contributed by atoms with Crippen LogP contribution in [0.15, 0.2) is 11.1 Å². The average molecular weight is 122 g/mol. The third-order valence-electron chi connectivity index (χ3n) is 2.57. The van der Waals surface area contributed by atoms with Gasteiger partial charge in [0.05, 0.1) is 0 Å². The van der Waals surface area contributed by atoms with E-state index in [9.17, 15) is 0 Å². The Morgan fingerprint density at radius 3 is 2.56 bits per heavy atom. The van der Waals surface area contributed by atoms with Gasteiger partial charge in [0.25, 0.3) is 0 Å². The fourth-order valence-electron chi connectivity index (χ4n) is 2.03. The van der Waals surface area contributed by atoms with Crippen LogP contribution in [0.1, 0.15) is 39.0 Å². The van der Waals surface area contributed by atoms with Crippen molar-refractivity contribution in [2.75, 3.05) is 0 Å². The predicted molar refractivity (Wildman–Crippen MR) is 39.3 cm³/mol. The minimum atomic E-state index is 1.06. The minimum Gasteiger partial charge on any atom is -0.0663 e. The van der Waals surface area contributed by atoms with Crippen LogP contribution in [0.2, 0.25) is 0 Å². The molecule has 0 amide bonds. The Hall–Kier alpha value is -0.260. The van der Waals surface area contributed by atoms with Crippen LogP contribution < -0.4 is 0 Å². The van der Waals surface area contributed by atoms with Crippen LogP contribution in [-0.2, 0) is 0 Å². The van der Waals surface area contributed by atoms with Crippen LogP contribution in [0.3, 0.4) is 0 Å². The minimum absolute atomic E-state index is 1.06. The highest BCUT2D eigenvalue weighted by Crippen LogP contribution is 2.49. The van der Waals surface area contributed by atoms with Crippen molar-refractivity contribution in [1.82, 2.24) is 0 Å². The molecule has 0 spiro atoms. The Labute approximate surface area is 57.0 Å². The van der Waals surface area contributed by atoms with Gasteiger partial charge in [0.15, 0.2) is 0 Å². The molecule has 0 N–H and O–H groups in total. The smallest absolute Gasteiger partial charge is 0.0103 e. The maximum atomic E-state index is 2.29. The molecule has 0 aliphatic heterocycles. The van der Waals surface area contributed by atoms with Crippen LogP contribution in [0, 0.1) is 5.92 Å². The van der Waals surface area contributed by atoms with Gasteiger partial charge in [-0.25, -0.2) is 0 Å². The standard InChI is InChI=1S/C9H14/c1-2-3-7-4-8-6-9(8)5-7/h7H,2-6H2,1H3. The molecule has 0 saturated carbocycles. The summed E-state index contributed by atoms with van der Waals surface area (Å²) in [6.07, 6.45) is 7.19. The van der Waals surface area contributed by atoms with E-state index in [-0.39, 0.29) is 0 Å². The van der Waals surface area contributed by atoms with Crippen molar-refractivity contribution in [1.29, 1.82) is 0 Å². The van der Waals surface area contributed by atoms with Crippen LogP contribution >= 0.6 is 0 Å². The third-order valence-corrected chi connectivity index (χ3v) is 2.57. The molecule has 0 aromatic carbocycles. The van der Waals surface area contributed by atoms with Gasteiger partial charge in [-0.1, -0.05) is 30.9 Å². The zero-order chi connectivity index (χ0) is 6.27. The average Bonchev–Trinajstić information content (AvgIpc) is 2.42. The topological polar surface area (TPSA) is 0 Å². The Morgan fingerprint density at radius 1 is 1.33 bits per heavy atom. The van der Waals surface area contributed by atoms with Crippen molar-refractivity contribution in [3.63, 3.8) is 0 Å². The molecule has 0 unspecified atom stereocenters. The Morgan fingerprint density at radius 2 is 2.00 bits per heavy atom. The van der Waals surface area contributed by atoms with Gasteiger partial charge in [0.2, 0.25) is 0 Å². The molecule has 2 rings (SSSR count). The molecule has 0 heteroatoms. The quantitative estimate of drug-likeness (QED) is 0.494. The molecule has 50 valence electrons. The van der Waals surface area contributed by atoms with Crippen molar-refractivity contribution in [2.24, 2.45) is 5.92 Å². The van der Waals surface area contributed by atoms with Crippen LogP contribution in [0.5, 0.6) is 0 Å². The first kappa shape index (κ1) is 5.52. The summed E-state index contributed by atoms with van der Waals surface area (Å²) in [5.74, 6) is 1.06. The molecule has 0 saturated heterocycles. The Bertz CT molecular complexity index is 139. The number of allylic oxidation sites excluding steroid dienone is 2. The van der Waals surface area contributed by atoms with E-state index in [0.717, 1.165) is 5.92 Å². The van der Waals surface area contributed by atoms with Gasteiger partial charge in [-0.05, 0) is 25.2 Å². The molecule has 2 aliphatic carbocycles. The van der Waals surface area contributed by atoms with Gasteiger partial charge in [-0.15, -0.1) is 0 Å². The second-order valence-corrected chi connectivity index (χ2v) is 3.45. The Balaban J connectivity index is 1.81. The number of hydrogen-bond donors (Lipinski definition) is 0. The molecule has 0 atom stereocenters. The lowest BCUT2D eigenvalue weighted by molar-refractivity contribution is 0.488. The van der Waals surface area contributed by atoms with Crippen molar-refractivity contribution in [2.45, 2.75) is 39.0 Å². The van der Waals surface area contributed by atoms with E-state index in [2.05, 4.69) is 6.92 Å². The summed E-state index contributed by atoms with van der Waals surface area (Å²) >= 11 is 0. The van der Waals surface area contributed by atoms with E-state index in [0.29, 0.717) is 0 Å². The summed E-state index contributed by atoms with van der Waals surface area (Å²) in [6.45, 7) is 2.29. The lowest BCUT2D eigenvalue weighted by Gasteiger charge is -2.09. The van der Waals surface area contributed by atoms with Gasteiger partial charge in [0.1, 0.15) is 0 Å². The van der Waals surface area contributed by atoms with Crippen molar-refractivity contribution in [3.05, 3.63) is 11.1 Å². The maximum absolute atomic E-state index is 2.29. The molecule has 0 radical (unpaired) electrons. The molecule has 0 aromatic rings. The summed E-state index contributed by atoms with van der Waals surface area (Å²) < 4.78 is 0. The van der Waals surface area contributed by atoms with Gasteiger partial charge in [0, 0.05) is 0 Å². The summed E-state index contributed by atoms with van der Waals surface area (Å²) in [4.78, 5) is 0. The summed E-state index contributed by atoms with van der Waals surface area (Å²) in [7, 11) is 0. The number of hydrogen-bond acceptors (Lipinski definition) is 0. The second kappa shape index (κ2) is 1.86. The highest BCUT2D eigenvalue weighted by Gasteiger charge is 2.32. The van der Waals surface area contributed by atoms with Crippen LogP contribution in [0.25, 0.3) is 0 Å². The second-order valence-electron chi connectivity index (χ2n) is 3.45. The normalized spacial score (nSPS) is 25.0. The lowest BCUT2D eigenvalue weighted by Crippen LogP contribution is -1.95. The highest BCUT2D eigenvalue weighted by atomic mass is 14.4. The van der Waals surface area contributed by atoms with Gasteiger partial charge in [-0.3, -0.25) is 0 Å². The van der Waals surface area contributed by atoms with E-state index >= 15 is 0 Å². The van der Waals surface area contributed by atoms with Crippen molar-refractivity contribution in [3.8, 4) is 0 Å². The molecule has 2 aliphatic rings. The summed E-state index contributed by atoms with van der Waals surface area (Å²) in [6, 6.07) is 0. The first-order chi connectivity index (χ1) is 4.40. The maximum Gasteiger partial charge on any atom is -0.0103 e. The predicted octanol–water partition coefficient (Wildman–Crippen LogP) is 2.90. The van der Waals surface area contributed by atoms with E-state index in [4.69, 9.17) is 0 Å². The molecule has 0 nitrogen and oxygen atoms in total. The molecule has 9 heavy (non-hydrogen) atoms. The largest absolute Gasteiger partial charge is 0.0663 e. The van der Waals surface area contributed by atoms with E-state index in [1.165, 1.54) is 32.1 Å². The zero-order valence-electron chi connectivity index (χ0n) is 6.11. The summed E-state index contributed by atoms with van der Waals surface area (Å²) in [5.41, 5.74) is 3.63. The van der Waals surface area contributed by atoms with Gasteiger partial charge < -0.3 is 0 Å². The fourth-order valence-corrected chi connectivity index (χ4v) is 2.03. The summed E-state index contributed by atoms with van der Waals surface area (Å²) in [5, 5.41) is 0. The first-order valence-corrected chi connectivity index (χ1v) is 4.10. The Kier molecular flexibility index (Phi) is 1.14. The van der Waals surface area contributed by atoms with Crippen molar-refractivity contribution >= 4 is 0 Å². The lowest BCUT2D eigenvalue weighted by atomic mass is 9.96. The van der Waals surface area contributed by atoms with Crippen LogP contribution in [0.4, 0.5) is 0 Å². The molecule has 0 heterocycles. The molecule has 0 fully saturated rings. The van der Waals surface area contributed by atoms with Crippen molar-refractivity contribution < 1.29 is 0 Å². The highest BCUT2D eigenvalue weighted by molar-refractivity contribution is 5.39. The van der Waals surface area contributed by atoms with Gasteiger partial charge >= 0.3 is 0 Å².